The van der Waals surface area contributed by atoms with Crippen molar-refractivity contribution in [2.24, 2.45) is 0 Å². The van der Waals surface area contributed by atoms with Gasteiger partial charge in [-0.05, 0) is 17.7 Å². The highest BCUT2D eigenvalue weighted by molar-refractivity contribution is 5.73. The lowest BCUT2D eigenvalue weighted by Crippen LogP contribution is -2.13. The molecule has 2 aromatic heterocycles. The van der Waals surface area contributed by atoms with Crippen LogP contribution in [0.3, 0.4) is 0 Å². The molecule has 0 aliphatic heterocycles. The third-order valence-electron chi connectivity index (χ3n) is 3.85. The number of aromatic nitrogens is 4. The zero-order valence-electron chi connectivity index (χ0n) is 13.0. The minimum Gasteiger partial charge on any atom is -0.508 e. The summed E-state index contributed by atoms with van der Waals surface area (Å²) in [6.45, 7) is 0.508. The van der Waals surface area contributed by atoms with Gasteiger partial charge in [-0.1, -0.05) is 30.3 Å². The number of nitrogens with one attached hydrogen (secondary N) is 1. The van der Waals surface area contributed by atoms with Crippen LogP contribution >= 0.6 is 0 Å². The number of aromatic amines is 1. The van der Waals surface area contributed by atoms with Gasteiger partial charge in [-0.2, -0.15) is 0 Å². The normalized spacial score (nSPS) is 11.0. The van der Waals surface area contributed by atoms with Gasteiger partial charge >= 0.3 is 0 Å². The number of aromatic hydroxyl groups is 2. The molecule has 0 amide bonds. The molecule has 0 aliphatic carbocycles. The molecule has 0 bridgehead atoms. The molecule has 0 aliphatic rings. The Morgan fingerprint density at radius 2 is 1.76 bits per heavy atom. The molecule has 0 radical (unpaired) electrons. The molecule has 0 saturated carbocycles. The number of H-pyrrole nitrogens is 1. The highest BCUT2D eigenvalue weighted by atomic mass is 16.3. The van der Waals surface area contributed by atoms with E-state index in [2.05, 4.69) is 15.0 Å². The highest BCUT2D eigenvalue weighted by Gasteiger charge is 2.13. The number of benzene rings is 2. The van der Waals surface area contributed by atoms with Crippen molar-refractivity contribution < 1.29 is 10.2 Å². The SMILES string of the molecule is O=c1[nH]c(-c2cc(O)cc(O)c2)nc2ncn(Cc3ccccc3)c12. The molecule has 2 aromatic carbocycles. The Balaban J connectivity index is 1.80. The summed E-state index contributed by atoms with van der Waals surface area (Å²) in [5, 5.41) is 19.2. The monoisotopic (exact) mass is 334 g/mol. The molecule has 0 spiro atoms. The van der Waals surface area contributed by atoms with E-state index in [0.717, 1.165) is 5.56 Å². The second-order valence-corrected chi connectivity index (χ2v) is 5.68. The summed E-state index contributed by atoms with van der Waals surface area (Å²) in [7, 11) is 0. The third kappa shape index (κ3) is 2.83. The maximum absolute atomic E-state index is 12.5. The van der Waals surface area contributed by atoms with Crippen LogP contribution in [-0.4, -0.2) is 29.7 Å². The zero-order valence-corrected chi connectivity index (χ0v) is 13.0. The Morgan fingerprint density at radius 1 is 1.04 bits per heavy atom. The largest absolute Gasteiger partial charge is 0.508 e. The van der Waals surface area contributed by atoms with E-state index in [1.54, 1.807) is 10.9 Å². The van der Waals surface area contributed by atoms with Crippen molar-refractivity contribution in [1.29, 1.82) is 0 Å². The zero-order chi connectivity index (χ0) is 17.4. The molecule has 3 N–H and O–H groups in total. The molecule has 0 fully saturated rings. The number of nitrogens with zero attached hydrogens (tertiary/aromatic N) is 3. The number of imidazole rings is 1. The number of phenolic OH excluding ortho intramolecular Hbond substituents is 2. The van der Waals surface area contributed by atoms with Crippen molar-refractivity contribution >= 4 is 11.2 Å². The van der Waals surface area contributed by atoms with E-state index in [4.69, 9.17) is 0 Å². The smallest absolute Gasteiger partial charge is 0.277 e. The lowest BCUT2D eigenvalue weighted by atomic mass is 10.2. The number of fused-ring (bicyclic) bond motifs is 1. The molecule has 4 rings (SSSR count). The van der Waals surface area contributed by atoms with Gasteiger partial charge in [0.1, 0.15) is 17.3 Å². The minimum absolute atomic E-state index is 0.118. The first-order chi connectivity index (χ1) is 12.1. The van der Waals surface area contributed by atoms with Crippen LogP contribution in [0, 0.1) is 0 Å². The van der Waals surface area contributed by atoms with Gasteiger partial charge in [0.05, 0.1) is 6.33 Å². The lowest BCUT2D eigenvalue weighted by molar-refractivity contribution is 0.451. The fraction of sp³-hybridized carbons (Fsp3) is 0.0556. The lowest BCUT2D eigenvalue weighted by Gasteiger charge is -2.05. The van der Waals surface area contributed by atoms with Gasteiger partial charge < -0.3 is 19.8 Å². The van der Waals surface area contributed by atoms with Crippen molar-refractivity contribution in [3.8, 4) is 22.9 Å². The molecule has 0 atom stereocenters. The van der Waals surface area contributed by atoms with E-state index < -0.39 is 0 Å². The van der Waals surface area contributed by atoms with Crippen molar-refractivity contribution in [1.82, 2.24) is 19.5 Å². The van der Waals surface area contributed by atoms with Crippen LogP contribution in [0.5, 0.6) is 11.5 Å². The van der Waals surface area contributed by atoms with Crippen molar-refractivity contribution in [3.05, 3.63) is 70.8 Å². The summed E-state index contributed by atoms with van der Waals surface area (Å²) in [5.41, 5.74) is 1.78. The van der Waals surface area contributed by atoms with Crippen LogP contribution in [-0.2, 0) is 6.54 Å². The minimum atomic E-state index is -0.337. The average Bonchev–Trinajstić information content (AvgIpc) is 2.98. The quantitative estimate of drug-likeness (QED) is 0.533. The van der Waals surface area contributed by atoms with Gasteiger partial charge in [0.2, 0.25) is 0 Å². The Labute approximate surface area is 141 Å². The average molecular weight is 334 g/mol. The number of phenols is 2. The number of hydrogen-bond donors (Lipinski definition) is 3. The van der Waals surface area contributed by atoms with Gasteiger partial charge in [0.25, 0.3) is 5.56 Å². The van der Waals surface area contributed by atoms with E-state index in [1.807, 2.05) is 30.3 Å². The van der Waals surface area contributed by atoms with Crippen LogP contribution in [0.1, 0.15) is 5.56 Å². The van der Waals surface area contributed by atoms with E-state index >= 15 is 0 Å². The summed E-state index contributed by atoms with van der Waals surface area (Å²) in [6, 6.07) is 13.8. The van der Waals surface area contributed by atoms with Crippen LogP contribution < -0.4 is 5.56 Å². The third-order valence-corrected chi connectivity index (χ3v) is 3.85. The Hall–Kier alpha value is -3.61. The second kappa shape index (κ2) is 5.79. The summed E-state index contributed by atoms with van der Waals surface area (Å²) < 4.78 is 1.74. The fourth-order valence-corrected chi connectivity index (χ4v) is 2.75. The van der Waals surface area contributed by atoms with Gasteiger partial charge in [0.15, 0.2) is 11.2 Å². The first-order valence-corrected chi connectivity index (χ1v) is 7.62. The molecular formula is C18H14N4O3. The molecule has 0 unspecified atom stereocenters. The standard InChI is InChI=1S/C18H14N4O3/c23-13-6-12(7-14(24)8-13)16-20-17-15(18(25)21-16)22(10-19-17)9-11-4-2-1-3-5-11/h1-8,10,23-24H,9H2,(H,20,21,25). The molecular weight excluding hydrogens is 320 g/mol. The maximum atomic E-state index is 12.5. The van der Waals surface area contributed by atoms with Gasteiger partial charge in [-0.3, -0.25) is 4.79 Å². The van der Waals surface area contributed by atoms with E-state index in [9.17, 15) is 15.0 Å². The maximum Gasteiger partial charge on any atom is 0.277 e. The topological polar surface area (TPSA) is 104 Å². The second-order valence-electron chi connectivity index (χ2n) is 5.68. The predicted octanol–water partition coefficient (Wildman–Crippen LogP) is 2.25. The Morgan fingerprint density at radius 3 is 2.48 bits per heavy atom. The van der Waals surface area contributed by atoms with Crippen LogP contribution in [0.25, 0.3) is 22.6 Å². The van der Waals surface area contributed by atoms with Gasteiger partial charge in [-0.25, -0.2) is 9.97 Å². The van der Waals surface area contributed by atoms with Gasteiger partial charge in [-0.15, -0.1) is 0 Å². The van der Waals surface area contributed by atoms with Crippen molar-refractivity contribution in [3.63, 3.8) is 0 Å². The Kier molecular flexibility index (Phi) is 3.46. The first kappa shape index (κ1) is 14.9. The van der Waals surface area contributed by atoms with E-state index in [-0.39, 0.29) is 22.9 Å². The number of hydrogen-bond acceptors (Lipinski definition) is 5. The molecule has 124 valence electrons. The molecule has 25 heavy (non-hydrogen) atoms. The van der Waals surface area contributed by atoms with Gasteiger partial charge in [0, 0.05) is 18.2 Å². The molecule has 0 saturated heterocycles. The fourth-order valence-electron chi connectivity index (χ4n) is 2.75. The predicted molar refractivity (Wildman–Crippen MR) is 92.5 cm³/mol. The molecule has 2 heterocycles. The molecule has 4 aromatic rings. The summed E-state index contributed by atoms with van der Waals surface area (Å²) >= 11 is 0. The van der Waals surface area contributed by atoms with Crippen LogP contribution in [0.15, 0.2) is 59.7 Å². The van der Waals surface area contributed by atoms with Crippen molar-refractivity contribution in [2.45, 2.75) is 6.54 Å². The molecule has 7 nitrogen and oxygen atoms in total. The van der Waals surface area contributed by atoms with E-state index in [0.29, 0.717) is 23.3 Å². The van der Waals surface area contributed by atoms with Crippen LogP contribution in [0.2, 0.25) is 0 Å². The highest BCUT2D eigenvalue weighted by Crippen LogP contribution is 2.26. The number of rotatable bonds is 3. The van der Waals surface area contributed by atoms with Crippen molar-refractivity contribution in [2.75, 3.05) is 0 Å². The van der Waals surface area contributed by atoms with Crippen LogP contribution in [0.4, 0.5) is 0 Å². The summed E-state index contributed by atoms with van der Waals surface area (Å²) in [5.74, 6) is -0.00614. The summed E-state index contributed by atoms with van der Waals surface area (Å²) in [6.07, 6.45) is 1.57. The Bertz CT molecular complexity index is 1100. The molecule has 7 heteroatoms. The summed E-state index contributed by atoms with van der Waals surface area (Å²) in [4.78, 5) is 23.8. The van der Waals surface area contributed by atoms with E-state index in [1.165, 1.54) is 18.2 Å². The first-order valence-electron chi connectivity index (χ1n) is 7.62.